The number of hydrogen-bond acceptors (Lipinski definition) is 4. The standard InChI is InChI=1S/C10H12ClFN2O3S/c11-7-8(18-13-9(7)15)10(16)14-3-4-17-6(5-14)1-2-12/h6H,1-5H2,(H,13,15). The van der Waals surface area contributed by atoms with Gasteiger partial charge < -0.3 is 9.64 Å². The molecule has 1 saturated heterocycles. The Morgan fingerprint density at radius 3 is 3.06 bits per heavy atom. The molecule has 0 aromatic carbocycles. The Kier molecular flexibility index (Phi) is 4.36. The number of carbonyl (C=O) groups is 1. The van der Waals surface area contributed by atoms with Crippen LogP contribution < -0.4 is 5.56 Å². The third-order valence-corrected chi connectivity index (χ3v) is 4.04. The molecule has 0 saturated carbocycles. The van der Waals surface area contributed by atoms with Gasteiger partial charge in [-0.3, -0.25) is 18.4 Å². The number of aromatic amines is 1. The monoisotopic (exact) mass is 294 g/mol. The molecule has 1 aliphatic rings. The number of H-pyrrole nitrogens is 1. The van der Waals surface area contributed by atoms with E-state index in [2.05, 4.69) is 4.37 Å². The quantitative estimate of drug-likeness (QED) is 0.914. The number of morpholine rings is 1. The number of rotatable bonds is 3. The SMILES string of the molecule is O=C(c1s[nH]c(=O)c1Cl)N1CCOC(CCF)C1. The fourth-order valence-electron chi connectivity index (χ4n) is 1.77. The smallest absolute Gasteiger partial charge is 0.277 e. The van der Waals surface area contributed by atoms with Crippen molar-refractivity contribution in [3.63, 3.8) is 0 Å². The molecule has 1 unspecified atom stereocenters. The second kappa shape index (κ2) is 5.81. The van der Waals surface area contributed by atoms with Gasteiger partial charge in [-0.25, -0.2) is 0 Å². The average molecular weight is 295 g/mol. The van der Waals surface area contributed by atoms with Crippen molar-refractivity contribution in [3.05, 3.63) is 20.3 Å². The predicted octanol–water partition coefficient (Wildman–Crippen LogP) is 1.29. The van der Waals surface area contributed by atoms with Crippen LogP contribution >= 0.6 is 23.1 Å². The number of nitrogens with one attached hydrogen (secondary N) is 1. The Hall–Kier alpha value is -0.920. The molecule has 2 rings (SSSR count). The lowest BCUT2D eigenvalue weighted by Crippen LogP contribution is -2.45. The van der Waals surface area contributed by atoms with Gasteiger partial charge in [-0.1, -0.05) is 23.1 Å². The van der Waals surface area contributed by atoms with Crippen LogP contribution in [0, 0.1) is 0 Å². The molecular formula is C10H12ClFN2O3S. The second-order valence-corrected chi connectivity index (χ2v) is 5.09. The first-order chi connectivity index (χ1) is 8.63. The van der Waals surface area contributed by atoms with Gasteiger partial charge in [-0.15, -0.1) is 0 Å². The third-order valence-electron chi connectivity index (χ3n) is 2.70. The summed E-state index contributed by atoms with van der Waals surface area (Å²) in [6.07, 6.45) is -0.0249. The van der Waals surface area contributed by atoms with Crippen LogP contribution in [0.5, 0.6) is 0 Å². The van der Waals surface area contributed by atoms with E-state index in [1.54, 1.807) is 0 Å². The van der Waals surface area contributed by atoms with Gasteiger partial charge >= 0.3 is 0 Å². The molecule has 1 aliphatic heterocycles. The van der Waals surface area contributed by atoms with Gasteiger partial charge in [0, 0.05) is 19.5 Å². The molecule has 1 atom stereocenters. The van der Waals surface area contributed by atoms with Crippen LogP contribution in [0.25, 0.3) is 0 Å². The minimum absolute atomic E-state index is 0.0847. The molecule has 1 N–H and O–H groups in total. The number of hydrogen-bond donors (Lipinski definition) is 1. The molecule has 0 radical (unpaired) electrons. The first-order valence-corrected chi connectivity index (χ1v) is 6.66. The van der Waals surface area contributed by atoms with Crippen LogP contribution in [0.1, 0.15) is 16.1 Å². The maximum atomic E-state index is 12.2. The summed E-state index contributed by atoms with van der Waals surface area (Å²) in [5.41, 5.74) is -0.460. The highest BCUT2D eigenvalue weighted by atomic mass is 35.5. The van der Waals surface area contributed by atoms with Crippen molar-refractivity contribution in [2.24, 2.45) is 0 Å². The van der Waals surface area contributed by atoms with Gasteiger partial charge in [-0.2, -0.15) is 0 Å². The first kappa shape index (κ1) is 13.5. The van der Waals surface area contributed by atoms with Crippen LogP contribution in [-0.4, -0.2) is 47.7 Å². The Morgan fingerprint density at radius 1 is 1.67 bits per heavy atom. The Balaban J connectivity index is 2.09. The van der Waals surface area contributed by atoms with Gasteiger partial charge in [0.15, 0.2) is 0 Å². The van der Waals surface area contributed by atoms with Crippen molar-refractivity contribution in [1.29, 1.82) is 0 Å². The van der Waals surface area contributed by atoms with Gasteiger partial charge in [-0.05, 0) is 0 Å². The summed E-state index contributed by atoms with van der Waals surface area (Å²) < 4.78 is 20.0. The number of nitrogens with zero attached hydrogens (tertiary/aromatic N) is 1. The average Bonchev–Trinajstić information content (AvgIpc) is 2.70. The number of carbonyl (C=O) groups excluding carboxylic acids is 1. The van der Waals surface area contributed by atoms with Crippen LogP contribution in [0.2, 0.25) is 5.02 Å². The highest BCUT2D eigenvalue weighted by Gasteiger charge is 2.27. The molecule has 5 nitrogen and oxygen atoms in total. The summed E-state index contributed by atoms with van der Waals surface area (Å²) in [6.45, 7) is 0.632. The zero-order valence-corrected chi connectivity index (χ0v) is 11.0. The zero-order chi connectivity index (χ0) is 13.1. The van der Waals surface area contributed by atoms with Crippen molar-refractivity contribution >= 4 is 29.0 Å². The number of amides is 1. The molecular weight excluding hydrogens is 283 g/mol. The highest BCUT2D eigenvalue weighted by Crippen LogP contribution is 2.19. The molecule has 1 amide bonds. The summed E-state index contributed by atoms with van der Waals surface area (Å²) in [6, 6.07) is 0. The van der Waals surface area contributed by atoms with E-state index in [1.807, 2.05) is 0 Å². The Labute approximate surface area is 112 Å². The van der Waals surface area contributed by atoms with E-state index >= 15 is 0 Å². The van der Waals surface area contributed by atoms with E-state index < -0.39 is 12.2 Å². The normalized spacial score (nSPS) is 20.1. The summed E-state index contributed by atoms with van der Waals surface area (Å²) >= 11 is 6.67. The molecule has 0 aliphatic carbocycles. The summed E-state index contributed by atoms with van der Waals surface area (Å²) in [4.78, 5) is 25.0. The van der Waals surface area contributed by atoms with Crippen molar-refractivity contribution in [3.8, 4) is 0 Å². The third kappa shape index (κ3) is 2.73. The van der Waals surface area contributed by atoms with Gasteiger partial charge in [0.25, 0.3) is 11.5 Å². The number of ether oxygens (including phenoxy) is 1. The van der Waals surface area contributed by atoms with Crippen LogP contribution in [0.3, 0.4) is 0 Å². The maximum Gasteiger partial charge on any atom is 0.277 e. The zero-order valence-electron chi connectivity index (χ0n) is 9.45. The molecule has 18 heavy (non-hydrogen) atoms. The lowest BCUT2D eigenvalue weighted by atomic mass is 10.2. The molecule has 2 heterocycles. The lowest BCUT2D eigenvalue weighted by molar-refractivity contribution is -0.0269. The summed E-state index contributed by atoms with van der Waals surface area (Å²) in [5.74, 6) is -0.310. The van der Waals surface area contributed by atoms with E-state index in [-0.39, 0.29) is 28.3 Å². The molecule has 100 valence electrons. The van der Waals surface area contributed by atoms with E-state index in [0.29, 0.717) is 19.7 Å². The van der Waals surface area contributed by atoms with Crippen LogP contribution in [0.15, 0.2) is 4.79 Å². The van der Waals surface area contributed by atoms with Crippen molar-refractivity contribution in [1.82, 2.24) is 9.27 Å². The largest absolute Gasteiger partial charge is 0.374 e. The lowest BCUT2D eigenvalue weighted by Gasteiger charge is -2.32. The number of alkyl halides is 1. The first-order valence-electron chi connectivity index (χ1n) is 5.47. The predicted molar refractivity (Wildman–Crippen MR) is 66.2 cm³/mol. The van der Waals surface area contributed by atoms with Crippen molar-refractivity contribution in [2.75, 3.05) is 26.4 Å². The van der Waals surface area contributed by atoms with E-state index in [1.165, 1.54) is 4.90 Å². The number of aromatic nitrogens is 1. The number of halogens is 2. The second-order valence-electron chi connectivity index (χ2n) is 3.90. The van der Waals surface area contributed by atoms with Crippen LogP contribution in [-0.2, 0) is 4.74 Å². The summed E-state index contributed by atoms with van der Waals surface area (Å²) in [5, 5.41) is -0.0847. The van der Waals surface area contributed by atoms with E-state index in [0.717, 1.165) is 11.5 Å². The molecule has 0 bridgehead atoms. The minimum Gasteiger partial charge on any atom is -0.374 e. The molecule has 8 heteroatoms. The summed E-state index contributed by atoms with van der Waals surface area (Å²) in [7, 11) is 0. The van der Waals surface area contributed by atoms with Gasteiger partial charge in [0.05, 0.1) is 19.4 Å². The minimum atomic E-state index is -0.481. The van der Waals surface area contributed by atoms with E-state index in [4.69, 9.17) is 16.3 Å². The Bertz CT molecular complexity index is 488. The maximum absolute atomic E-state index is 12.2. The highest BCUT2D eigenvalue weighted by molar-refractivity contribution is 7.08. The fourth-order valence-corrected chi connectivity index (χ4v) is 2.77. The van der Waals surface area contributed by atoms with E-state index in [9.17, 15) is 14.0 Å². The van der Waals surface area contributed by atoms with Gasteiger partial charge in [0.1, 0.15) is 9.90 Å². The van der Waals surface area contributed by atoms with Gasteiger partial charge in [0.2, 0.25) is 0 Å². The topological polar surface area (TPSA) is 62.4 Å². The molecule has 1 fully saturated rings. The molecule has 0 spiro atoms. The fraction of sp³-hybridized carbons (Fsp3) is 0.600. The van der Waals surface area contributed by atoms with Crippen molar-refractivity contribution < 1.29 is 13.9 Å². The molecule has 1 aromatic rings. The van der Waals surface area contributed by atoms with Crippen molar-refractivity contribution in [2.45, 2.75) is 12.5 Å². The van der Waals surface area contributed by atoms with Crippen LogP contribution in [0.4, 0.5) is 4.39 Å². The Morgan fingerprint density at radius 2 is 2.44 bits per heavy atom. The molecule has 1 aromatic heterocycles.